The molecule has 2 aromatic rings. The lowest BCUT2D eigenvalue weighted by molar-refractivity contribution is -0.136. The van der Waals surface area contributed by atoms with Crippen LogP contribution in [0.2, 0.25) is 0 Å². The number of carbonyl (C=O) groups excluding carboxylic acids is 4. The molecular formula is C24H22FN3O5. The van der Waals surface area contributed by atoms with Crippen LogP contribution >= 0.6 is 0 Å². The van der Waals surface area contributed by atoms with Crippen molar-refractivity contribution in [3.63, 3.8) is 0 Å². The van der Waals surface area contributed by atoms with Crippen molar-refractivity contribution in [1.82, 2.24) is 10.2 Å². The zero-order chi connectivity index (χ0) is 23.3. The van der Waals surface area contributed by atoms with Gasteiger partial charge in [0, 0.05) is 13.0 Å². The van der Waals surface area contributed by atoms with Crippen LogP contribution in [0.15, 0.2) is 42.5 Å². The second-order valence-corrected chi connectivity index (χ2v) is 8.63. The molecule has 2 saturated heterocycles. The van der Waals surface area contributed by atoms with E-state index >= 15 is 4.39 Å². The molecule has 0 bridgehead atoms. The number of halogens is 1. The molecule has 0 radical (unpaired) electrons. The summed E-state index contributed by atoms with van der Waals surface area (Å²) in [6.07, 6.45) is 0.0571. The minimum Gasteiger partial charge on any atom is -0.367 e. The molecule has 2 atom stereocenters. The quantitative estimate of drug-likeness (QED) is 0.717. The summed E-state index contributed by atoms with van der Waals surface area (Å²) in [5.74, 6) is -3.17. The topological polar surface area (TPSA) is 96.0 Å². The van der Waals surface area contributed by atoms with Crippen LogP contribution in [0, 0.1) is 5.82 Å². The van der Waals surface area contributed by atoms with E-state index in [1.807, 2.05) is 37.3 Å². The van der Waals surface area contributed by atoms with Crippen molar-refractivity contribution < 1.29 is 28.3 Å². The molecule has 1 N–H and O–H groups in total. The van der Waals surface area contributed by atoms with Crippen molar-refractivity contribution in [3.05, 3.63) is 65.0 Å². The Balaban J connectivity index is 1.52. The first-order valence-electron chi connectivity index (χ1n) is 10.8. The Morgan fingerprint density at radius 2 is 1.82 bits per heavy atom. The number of carbonyl (C=O) groups is 4. The van der Waals surface area contributed by atoms with E-state index in [9.17, 15) is 19.2 Å². The van der Waals surface area contributed by atoms with Gasteiger partial charge >= 0.3 is 0 Å². The van der Waals surface area contributed by atoms with Gasteiger partial charge in [0.2, 0.25) is 11.8 Å². The van der Waals surface area contributed by atoms with Gasteiger partial charge in [0.15, 0.2) is 0 Å². The molecule has 2 aromatic carbocycles. The van der Waals surface area contributed by atoms with Crippen molar-refractivity contribution in [2.24, 2.45) is 0 Å². The van der Waals surface area contributed by atoms with Gasteiger partial charge < -0.3 is 9.64 Å². The van der Waals surface area contributed by atoms with Crippen LogP contribution < -0.4 is 10.2 Å². The van der Waals surface area contributed by atoms with Gasteiger partial charge in [-0.3, -0.25) is 29.4 Å². The number of nitrogens with one attached hydrogen (secondary N) is 1. The van der Waals surface area contributed by atoms with Crippen LogP contribution in [-0.2, 0) is 19.9 Å². The van der Waals surface area contributed by atoms with Gasteiger partial charge in [-0.1, -0.05) is 30.3 Å². The number of nitrogens with zero attached hydrogens (tertiary/aromatic N) is 2. The lowest BCUT2D eigenvalue weighted by atomic mass is 9.93. The number of hydrogen-bond acceptors (Lipinski definition) is 6. The fourth-order valence-electron chi connectivity index (χ4n) is 4.85. The third-order valence-corrected chi connectivity index (χ3v) is 6.51. The molecule has 3 heterocycles. The molecule has 4 amide bonds. The van der Waals surface area contributed by atoms with Crippen molar-refractivity contribution in [1.29, 1.82) is 0 Å². The molecule has 3 aliphatic rings. The average molecular weight is 451 g/mol. The lowest BCUT2D eigenvalue weighted by Crippen LogP contribution is -2.54. The highest BCUT2D eigenvalue weighted by Crippen LogP contribution is 2.39. The first-order valence-corrected chi connectivity index (χ1v) is 10.8. The maximum atomic E-state index is 15.2. The molecule has 2 fully saturated rings. The van der Waals surface area contributed by atoms with Gasteiger partial charge in [0.25, 0.3) is 11.8 Å². The fraction of sp³-hybridized carbons (Fsp3) is 0.333. The monoisotopic (exact) mass is 451 g/mol. The van der Waals surface area contributed by atoms with Crippen LogP contribution in [0.1, 0.15) is 46.0 Å². The number of anilines is 1. The van der Waals surface area contributed by atoms with E-state index in [0.29, 0.717) is 13.2 Å². The summed E-state index contributed by atoms with van der Waals surface area (Å²) in [5, 5.41) is 2.17. The zero-order valence-corrected chi connectivity index (χ0v) is 18.0. The first kappa shape index (κ1) is 21.3. The summed E-state index contributed by atoms with van der Waals surface area (Å²) in [4.78, 5) is 52.9. The highest BCUT2D eigenvalue weighted by Gasteiger charge is 2.47. The Morgan fingerprint density at radius 3 is 2.55 bits per heavy atom. The van der Waals surface area contributed by atoms with E-state index in [0.717, 1.165) is 10.5 Å². The average Bonchev–Trinajstić information content (AvgIpc) is 3.04. The molecule has 3 aliphatic heterocycles. The van der Waals surface area contributed by atoms with E-state index in [-0.39, 0.29) is 36.2 Å². The highest BCUT2D eigenvalue weighted by molar-refractivity contribution is 6.25. The number of morpholine rings is 1. The SMILES string of the molecule is CC1(c2ccccc2)CN(c2c(F)ccc3c2C(=O)N(C2CCC(=O)NC2=O)C3=O)CCO1. The summed E-state index contributed by atoms with van der Waals surface area (Å²) in [5.41, 5.74) is 0.196. The van der Waals surface area contributed by atoms with Gasteiger partial charge in [-0.05, 0) is 31.0 Å². The summed E-state index contributed by atoms with van der Waals surface area (Å²) in [6.45, 7) is 2.80. The van der Waals surface area contributed by atoms with Crippen molar-refractivity contribution in [2.75, 3.05) is 24.6 Å². The molecule has 5 rings (SSSR count). The molecule has 0 saturated carbocycles. The predicted octanol–water partition coefficient (Wildman–Crippen LogP) is 1.98. The highest BCUT2D eigenvalue weighted by atomic mass is 19.1. The Bertz CT molecular complexity index is 1180. The minimum absolute atomic E-state index is 0.0178. The number of rotatable bonds is 3. The number of fused-ring (bicyclic) bond motifs is 1. The van der Waals surface area contributed by atoms with E-state index in [1.54, 1.807) is 4.90 Å². The van der Waals surface area contributed by atoms with Crippen molar-refractivity contribution in [2.45, 2.75) is 31.4 Å². The van der Waals surface area contributed by atoms with E-state index in [1.165, 1.54) is 12.1 Å². The fourth-order valence-corrected chi connectivity index (χ4v) is 4.85. The van der Waals surface area contributed by atoms with E-state index in [4.69, 9.17) is 4.74 Å². The molecule has 0 aliphatic carbocycles. The van der Waals surface area contributed by atoms with Crippen LogP contribution in [-0.4, -0.2) is 54.3 Å². The number of ether oxygens (including phenoxy) is 1. The zero-order valence-electron chi connectivity index (χ0n) is 18.0. The Hall–Kier alpha value is -3.59. The molecular weight excluding hydrogens is 429 g/mol. The second-order valence-electron chi connectivity index (χ2n) is 8.63. The van der Waals surface area contributed by atoms with Crippen molar-refractivity contribution in [3.8, 4) is 0 Å². The Labute approximate surface area is 189 Å². The largest absolute Gasteiger partial charge is 0.367 e. The predicted molar refractivity (Wildman–Crippen MR) is 115 cm³/mol. The maximum Gasteiger partial charge on any atom is 0.264 e. The van der Waals surface area contributed by atoms with Crippen LogP contribution in [0.3, 0.4) is 0 Å². The van der Waals surface area contributed by atoms with Gasteiger partial charge in [-0.2, -0.15) is 0 Å². The first-order chi connectivity index (χ1) is 15.8. The summed E-state index contributed by atoms with van der Waals surface area (Å²) < 4.78 is 21.2. The summed E-state index contributed by atoms with van der Waals surface area (Å²) in [7, 11) is 0. The third-order valence-electron chi connectivity index (χ3n) is 6.51. The number of benzene rings is 2. The minimum atomic E-state index is -1.11. The summed E-state index contributed by atoms with van der Waals surface area (Å²) >= 11 is 0. The van der Waals surface area contributed by atoms with Crippen LogP contribution in [0.4, 0.5) is 10.1 Å². The standard InChI is InChI=1S/C24H22FN3O5/c1-24(14-5-3-2-4-6-14)13-27(11-12-33-24)20-16(25)8-7-15-19(20)23(32)28(22(15)31)17-9-10-18(29)26-21(17)30/h2-8,17H,9-13H2,1H3,(H,26,29,30). The normalized spacial score (nSPS) is 25.3. The number of piperidine rings is 1. The number of amides is 4. The Kier molecular flexibility index (Phi) is 5.01. The molecule has 0 spiro atoms. The molecule has 8 nitrogen and oxygen atoms in total. The van der Waals surface area contributed by atoms with Crippen molar-refractivity contribution >= 4 is 29.3 Å². The molecule has 0 aromatic heterocycles. The number of imide groups is 2. The van der Waals surface area contributed by atoms with E-state index < -0.39 is 41.1 Å². The molecule has 170 valence electrons. The third kappa shape index (κ3) is 3.39. The molecule has 2 unspecified atom stereocenters. The lowest BCUT2D eigenvalue weighted by Gasteiger charge is -2.42. The maximum absolute atomic E-state index is 15.2. The van der Waals surface area contributed by atoms with Gasteiger partial charge in [0.1, 0.15) is 17.5 Å². The molecule has 33 heavy (non-hydrogen) atoms. The smallest absolute Gasteiger partial charge is 0.264 e. The van der Waals surface area contributed by atoms with E-state index in [2.05, 4.69) is 5.32 Å². The second kappa shape index (κ2) is 7.77. The number of hydrogen-bond donors (Lipinski definition) is 1. The van der Waals surface area contributed by atoms with Gasteiger partial charge in [-0.15, -0.1) is 0 Å². The van der Waals surface area contributed by atoms with Crippen LogP contribution in [0.5, 0.6) is 0 Å². The van der Waals surface area contributed by atoms with Gasteiger partial charge in [-0.25, -0.2) is 4.39 Å². The Morgan fingerprint density at radius 1 is 1.06 bits per heavy atom. The van der Waals surface area contributed by atoms with Crippen LogP contribution in [0.25, 0.3) is 0 Å². The molecule has 9 heteroatoms. The summed E-state index contributed by atoms with van der Waals surface area (Å²) in [6, 6.07) is 10.9. The van der Waals surface area contributed by atoms with Gasteiger partial charge in [0.05, 0.1) is 30.0 Å².